The molecule has 1 aromatic rings. The van der Waals surface area contributed by atoms with Crippen molar-refractivity contribution in [1.29, 1.82) is 0 Å². The molecule has 0 unspecified atom stereocenters. The molecule has 0 fully saturated rings. The number of ketones is 2. The Balaban J connectivity index is 2.04. The Hall–Kier alpha value is -3.63. The Bertz CT molecular complexity index is 1240. The van der Waals surface area contributed by atoms with Gasteiger partial charge in [0.25, 0.3) is 5.91 Å². The fourth-order valence-electron chi connectivity index (χ4n) is 5.60. The minimum absolute atomic E-state index is 0.0419. The molecule has 0 saturated carbocycles. The normalized spacial score (nSPS) is 28.6. The zero-order valence-electron chi connectivity index (χ0n) is 19.3. The van der Waals surface area contributed by atoms with E-state index >= 15 is 0 Å². The number of Topliss-reactive ketones (excluding diaryl/α,β-unsaturated/α-hetero) is 2. The molecule has 34 heavy (non-hydrogen) atoms. The van der Waals surface area contributed by atoms with E-state index in [0.717, 1.165) is 0 Å². The summed E-state index contributed by atoms with van der Waals surface area (Å²) >= 11 is 0. The van der Waals surface area contributed by atoms with Crippen LogP contribution in [0.1, 0.15) is 15.9 Å². The number of carbonyl (C=O) groups is 3. The molecule has 3 aliphatic rings. The number of amides is 1. The van der Waals surface area contributed by atoms with Gasteiger partial charge in [0.2, 0.25) is 5.78 Å². The van der Waals surface area contributed by atoms with Crippen molar-refractivity contribution >= 4 is 23.2 Å². The maximum Gasteiger partial charge on any atom is 0.255 e. The number of phenols is 1. The Kier molecular flexibility index (Phi) is 5.15. The van der Waals surface area contributed by atoms with Gasteiger partial charge in [-0.15, -0.1) is 0 Å². The number of nitrogens with zero attached hydrogens (tertiary/aromatic N) is 2. The summed E-state index contributed by atoms with van der Waals surface area (Å²) in [4.78, 5) is 42.2. The molecule has 0 radical (unpaired) electrons. The molecule has 1 amide bonds. The molecule has 10 nitrogen and oxygen atoms in total. The summed E-state index contributed by atoms with van der Waals surface area (Å²) in [6.45, 7) is 4.08. The summed E-state index contributed by atoms with van der Waals surface area (Å²) in [6, 6.07) is 1.90. The molecule has 180 valence electrons. The number of benzene rings is 1. The van der Waals surface area contributed by atoms with Crippen LogP contribution in [0, 0.1) is 11.8 Å². The SMILES string of the molecule is C=C1[C@@H]2Cc3c(N(C)C)ccc(O)c3C(=O)C2=C(O)[C@]2(O)C(=O)C(C(N)=O)=C(O)[C@@H](N(C)C)[C@H]12. The monoisotopic (exact) mass is 469 g/mol. The van der Waals surface area contributed by atoms with Crippen molar-refractivity contribution in [3.05, 3.63) is 58.1 Å². The van der Waals surface area contributed by atoms with Crippen LogP contribution < -0.4 is 10.6 Å². The molecular weight excluding hydrogens is 442 g/mol. The van der Waals surface area contributed by atoms with Gasteiger partial charge in [0, 0.05) is 37.2 Å². The Morgan fingerprint density at radius 3 is 2.29 bits per heavy atom. The molecule has 0 aliphatic heterocycles. The molecule has 4 atom stereocenters. The van der Waals surface area contributed by atoms with E-state index in [2.05, 4.69) is 6.58 Å². The van der Waals surface area contributed by atoms with Crippen molar-refractivity contribution in [2.75, 3.05) is 33.1 Å². The summed E-state index contributed by atoms with van der Waals surface area (Å²) in [5.41, 5.74) is 2.84. The summed E-state index contributed by atoms with van der Waals surface area (Å²) in [6.07, 6.45) is 0.148. The Morgan fingerprint density at radius 1 is 1.15 bits per heavy atom. The Morgan fingerprint density at radius 2 is 1.76 bits per heavy atom. The molecule has 3 aliphatic carbocycles. The zero-order chi connectivity index (χ0) is 25.4. The topological polar surface area (TPSA) is 165 Å². The number of likely N-dealkylation sites (N-methyl/N-ethyl adjacent to an activating group) is 1. The number of aliphatic hydroxyl groups excluding tert-OH is 2. The summed E-state index contributed by atoms with van der Waals surface area (Å²) < 4.78 is 0. The number of fused-ring (bicyclic) bond motifs is 3. The van der Waals surface area contributed by atoms with E-state index < -0.39 is 58.0 Å². The van der Waals surface area contributed by atoms with Gasteiger partial charge < -0.3 is 31.1 Å². The lowest BCUT2D eigenvalue weighted by molar-refractivity contribution is -0.144. The summed E-state index contributed by atoms with van der Waals surface area (Å²) in [7, 11) is 6.68. The van der Waals surface area contributed by atoms with Crippen molar-refractivity contribution in [3.8, 4) is 5.75 Å². The molecule has 0 saturated heterocycles. The van der Waals surface area contributed by atoms with Gasteiger partial charge in [-0.25, -0.2) is 0 Å². The molecule has 0 heterocycles. The third-order valence-corrected chi connectivity index (χ3v) is 7.12. The van der Waals surface area contributed by atoms with Gasteiger partial charge in [-0.1, -0.05) is 12.2 Å². The van der Waals surface area contributed by atoms with E-state index in [1.54, 1.807) is 39.2 Å². The standard InChI is InChI=1S/C24H27N3O7/c1-9-10-8-11-12(26(2)3)6-7-13(28)14(11)19(29)15(10)21(31)24(34)17(9)18(27(4)5)20(30)16(22(24)32)23(25)33/h6-7,10,17-18,28,30-31,34H,1,8H2,2-5H3,(H2,25,33)/t10-,17-,18-,24-/m0/s1. The highest BCUT2D eigenvalue weighted by atomic mass is 16.3. The van der Waals surface area contributed by atoms with Crippen molar-refractivity contribution in [1.82, 2.24) is 4.90 Å². The molecule has 0 bridgehead atoms. The average molecular weight is 469 g/mol. The van der Waals surface area contributed by atoms with Crippen LogP contribution in [-0.4, -0.2) is 82.6 Å². The van der Waals surface area contributed by atoms with Crippen LogP contribution in [0.25, 0.3) is 0 Å². The van der Waals surface area contributed by atoms with Gasteiger partial charge in [0.1, 0.15) is 22.8 Å². The van der Waals surface area contributed by atoms with Gasteiger partial charge in [0.05, 0.1) is 11.6 Å². The molecule has 0 aromatic heterocycles. The van der Waals surface area contributed by atoms with E-state index in [9.17, 15) is 34.8 Å². The van der Waals surface area contributed by atoms with E-state index in [0.29, 0.717) is 11.3 Å². The van der Waals surface area contributed by atoms with Crippen LogP contribution in [0.3, 0.4) is 0 Å². The smallest absolute Gasteiger partial charge is 0.255 e. The summed E-state index contributed by atoms with van der Waals surface area (Å²) in [5.74, 6) is -7.31. The summed E-state index contributed by atoms with van der Waals surface area (Å²) in [5, 5.41) is 44.2. The highest BCUT2D eigenvalue weighted by Gasteiger charge is 2.64. The maximum atomic E-state index is 13.6. The molecule has 10 heteroatoms. The van der Waals surface area contributed by atoms with Crippen molar-refractivity contribution < 1.29 is 34.8 Å². The molecule has 6 N–H and O–H groups in total. The first-order valence-corrected chi connectivity index (χ1v) is 10.6. The predicted molar refractivity (Wildman–Crippen MR) is 123 cm³/mol. The predicted octanol–water partition coefficient (Wildman–Crippen LogP) is 0.353. The van der Waals surface area contributed by atoms with E-state index in [-0.39, 0.29) is 28.9 Å². The van der Waals surface area contributed by atoms with E-state index in [1.165, 1.54) is 11.0 Å². The molecule has 4 rings (SSSR count). The van der Waals surface area contributed by atoms with Crippen LogP contribution in [0.2, 0.25) is 0 Å². The first-order valence-electron chi connectivity index (χ1n) is 10.6. The molecule has 1 aromatic carbocycles. The van der Waals surface area contributed by atoms with E-state index in [4.69, 9.17) is 5.73 Å². The van der Waals surface area contributed by atoms with Crippen LogP contribution in [0.15, 0.2) is 46.9 Å². The van der Waals surface area contributed by atoms with Crippen molar-refractivity contribution in [2.24, 2.45) is 17.6 Å². The number of primary amides is 1. The Labute approximate surface area is 195 Å². The highest BCUT2D eigenvalue weighted by molar-refractivity contribution is 6.25. The van der Waals surface area contributed by atoms with E-state index in [1.807, 2.05) is 0 Å². The number of carbonyl (C=O) groups excluding carboxylic acids is 3. The van der Waals surface area contributed by atoms with Crippen LogP contribution >= 0.6 is 0 Å². The highest BCUT2D eigenvalue weighted by Crippen LogP contribution is 2.54. The first-order chi connectivity index (χ1) is 15.8. The average Bonchev–Trinajstić information content (AvgIpc) is 2.73. The van der Waals surface area contributed by atoms with Crippen molar-refractivity contribution in [2.45, 2.75) is 18.1 Å². The fraction of sp³-hybridized carbons (Fsp3) is 0.375. The van der Waals surface area contributed by atoms with Gasteiger partial charge in [-0.2, -0.15) is 0 Å². The van der Waals surface area contributed by atoms with Crippen LogP contribution in [0.5, 0.6) is 5.75 Å². The van der Waals surface area contributed by atoms with Gasteiger partial charge >= 0.3 is 0 Å². The minimum Gasteiger partial charge on any atom is -0.510 e. The number of allylic oxidation sites excluding steroid dienone is 1. The van der Waals surface area contributed by atoms with Crippen molar-refractivity contribution in [3.63, 3.8) is 0 Å². The maximum absolute atomic E-state index is 13.6. The third-order valence-electron chi connectivity index (χ3n) is 7.12. The number of aromatic hydroxyl groups is 1. The van der Waals surface area contributed by atoms with Crippen LogP contribution in [0.4, 0.5) is 5.69 Å². The number of rotatable bonds is 3. The number of hydrogen-bond donors (Lipinski definition) is 5. The molecular formula is C24H27N3O7. The number of nitrogens with two attached hydrogens (primary N) is 1. The number of hydrogen-bond acceptors (Lipinski definition) is 9. The largest absolute Gasteiger partial charge is 0.510 e. The second-order valence-corrected chi connectivity index (χ2v) is 9.38. The third kappa shape index (κ3) is 2.78. The quantitative estimate of drug-likeness (QED) is 0.310. The molecule has 0 spiro atoms. The van der Waals surface area contributed by atoms with Crippen LogP contribution in [-0.2, 0) is 16.0 Å². The first kappa shape index (κ1) is 23.5. The lowest BCUT2D eigenvalue weighted by atomic mass is 9.56. The second kappa shape index (κ2) is 7.44. The zero-order valence-corrected chi connectivity index (χ0v) is 19.3. The van der Waals surface area contributed by atoms with Gasteiger partial charge in [0.15, 0.2) is 11.4 Å². The lowest BCUT2D eigenvalue weighted by Gasteiger charge is -2.51. The van der Waals surface area contributed by atoms with Gasteiger partial charge in [-0.3, -0.25) is 19.3 Å². The number of phenolic OH excluding ortho intramolecular Hbond substituents is 1. The minimum atomic E-state index is -2.75. The number of anilines is 1. The lowest BCUT2D eigenvalue weighted by Crippen LogP contribution is -2.64. The fourth-order valence-corrected chi connectivity index (χ4v) is 5.60. The van der Waals surface area contributed by atoms with Gasteiger partial charge in [-0.05, 0) is 38.2 Å². The second-order valence-electron chi connectivity index (χ2n) is 9.38. The number of aliphatic hydroxyl groups is 3.